The van der Waals surface area contributed by atoms with Crippen molar-refractivity contribution in [1.29, 1.82) is 0 Å². The predicted molar refractivity (Wildman–Crippen MR) is 59.2 cm³/mol. The van der Waals surface area contributed by atoms with Crippen molar-refractivity contribution in [3.8, 4) is 0 Å². The van der Waals surface area contributed by atoms with Gasteiger partial charge in [0.1, 0.15) is 0 Å². The molecule has 0 unspecified atom stereocenters. The molecule has 15 heavy (non-hydrogen) atoms. The summed E-state index contributed by atoms with van der Waals surface area (Å²) < 4.78 is 26.3. The largest absolute Gasteiger partial charge is 0.335 e. The highest BCUT2D eigenvalue weighted by atomic mass is 32.1. The number of hydrogen-bond acceptors (Lipinski definition) is 6. The third-order valence-electron chi connectivity index (χ3n) is 1.73. The van der Waals surface area contributed by atoms with Crippen molar-refractivity contribution in [2.24, 2.45) is 0 Å². The maximum atomic E-state index is 12.1. The zero-order valence-corrected chi connectivity index (χ0v) is 10.8. The van der Waals surface area contributed by atoms with Crippen LogP contribution in [-0.4, -0.2) is 22.8 Å². The molecule has 0 N–H and O–H groups in total. The Bertz CT molecular complexity index is 345. The summed E-state index contributed by atoms with van der Waals surface area (Å²) in [5.74, 6) is 0. The van der Waals surface area contributed by atoms with Crippen molar-refractivity contribution in [3.63, 3.8) is 0 Å². The van der Waals surface area contributed by atoms with Crippen LogP contribution in [0.25, 0.3) is 0 Å². The molecule has 0 saturated carbocycles. The molecule has 0 radical (unpaired) electrons. The average Bonchev–Trinajstić information content (AvgIpc) is 2.52. The van der Waals surface area contributed by atoms with E-state index >= 15 is 0 Å². The zero-order chi connectivity index (χ0) is 11.3. The Morgan fingerprint density at radius 3 is 2.33 bits per heavy atom. The standard InChI is InChI=1S/C8H15N2O3PS/c1-4-12-14(11,13-5-2)6-8-7(3)9-10-15-8/h4-6H2,1-3H3. The molecule has 86 valence electrons. The molecule has 0 saturated heterocycles. The van der Waals surface area contributed by atoms with Crippen molar-refractivity contribution in [2.75, 3.05) is 13.2 Å². The maximum absolute atomic E-state index is 12.1. The highest BCUT2D eigenvalue weighted by Crippen LogP contribution is 2.51. The minimum absolute atomic E-state index is 0.262. The van der Waals surface area contributed by atoms with Crippen LogP contribution in [0.3, 0.4) is 0 Å². The second kappa shape index (κ2) is 5.70. The van der Waals surface area contributed by atoms with Gasteiger partial charge in [-0.15, -0.1) is 5.10 Å². The second-order valence-corrected chi connectivity index (χ2v) is 5.78. The second-order valence-electron chi connectivity index (χ2n) is 2.89. The van der Waals surface area contributed by atoms with E-state index in [1.807, 2.05) is 6.92 Å². The summed E-state index contributed by atoms with van der Waals surface area (Å²) in [6.45, 7) is 6.18. The van der Waals surface area contributed by atoms with Gasteiger partial charge in [0.15, 0.2) is 0 Å². The van der Waals surface area contributed by atoms with Crippen LogP contribution in [0, 0.1) is 6.92 Å². The lowest BCUT2D eigenvalue weighted by atomic mass is 10.4. The van der Waals surface area contributed by atoms with Gasteiger partial charge in [0.2, 0.25) is 0 Å². The van der Waals surface area contributed by atoms with Crippen LogP contribution in [0.5, 0.6) is 0 Å². The van der Waals surface area contributed by atoms with E-state index in [1.165, 1.54) is 11.5 Å². The summed E-state index contributed by atoms with van der Waals surface area (Å²) in [7, 11) is -3.00. The fourth-order valence-corrected chi connectivity index (χ4v) is 3.86. The minimum Gasteiger partial charge on any atom is -0.309 e. The van der Waals surface area contributed by atoms with Gasteiger partial charge in [-0.3, -0.25) is 4.57 Å². The molecular formula is C8H15N2O3PS. The molecule has 0 aliphatic carbocycles. The average molecular weight is 250 g/mol. The Hall–Kier alpha value is -0.290. The van der Waals surface area contributed by atoms with Gasteiger partial charge in [-0.25, -0.2) is 0 Å². The number of nitrogens with zero attached hydrogens (tertiary/aromatic N) is 2. The molecule has 1 aromatic rings. The lowest BCUT2D eigenvalue weighted by Gasteiger charge is -2.15. The van der Waals surface area contributed by atoms with E-state index in [0.717, 1.165) is 10.6 Å². The molecule has 0 amide bonds. The first kappa shape index (κ1) is 12.8. The number of hydrogen-bond donors (Lipinski definition) is 0. The summed E-state index contributed by atoms with van der Waals surface area (Å²) in [4.78, 5) is 0.861. The molecule has 0 aliphatic heterocycles. The zero-order valence-electron chi connectivity index (χ0n) is 9.10. The van der Waals surface area contributed by atoms with Crippen LogP contribution in [0.15, 0.2) is 0 Å². The van der Waals surface area contributed by atoms with Crippen LogP contribution in [0.2, 0.25) is 0 Å². The lowest BCUT2D eigenvalue weighted by molar-refractivity contribution is 0.219. The van der Waals surface area contributed by atoms with Crippen LogP contribution in [0.4, 0.5) is 0 Å². The normalized spacial score (nSPS) is 11.9. The number of rotatable bonds is 6. The highest BCUT2D eigenvalue weighted by molar-refractivity contribution is 7.53. The van der Waals surface area contributed by atoms with E-state index in [2.05, 4.69) is 9.59 Å². The fourth-order valence-electron chi connectivity index (χ4n) is 1.09. The molecule has 0 spiro atoms. The first-order valence-corrected chi connectivity index (χ1v) is 7.27. The van der Waals surface area contributed by atoms with E-state index in [-0.39, 0.29) is 6.16 Å². The molecule has 1 rings (SSSR count). The van der Waals surface area contributed by atoms with Crippen LogP contribution in [-0.2, 0) is 19.8 Å². The van der Waals surface area contributed by atoms with Gasteiger partial charge in [0.05, 0.1) is 29.9 Å². The Morgan fingerprint density at radius 1 is 1.33 bits per heavy atom. The van der Waals surface area contributed by atoms with Crippen LogP contribution < -0.4 is 0 Å². The van der Waals surface area contributed by atoms with Crippen LogP contribution >= 0.6 is 19.1 Å². The fraction of sp³-hybridized carbons (Fsp3) is 0.750. The van der Waals surface area contributed by atoms with Gasteiger partial charge in [-0.05, 0) is 32.3 Å². The molecule has 0 atom stereocenters. The summed E-state index contributed by atoms with van der Waals surface area (Å²) in [6, 6.07) is 0. The third-order valence-corrected chi connectivity index (χ3v) is 4.78. The topological polar surface area (TPSA) is 61.3 Å². The van der Waals surface area contributed by atoms with E-state index in [0.29, 0.717) is 13.2 Å². The summed E-state index contributed by atoms with van der Waals surface area (Å²) in [5.41, 5.74) is 0.791. The van der Waals surface area contributed by atoms with Gasteiger partial charge < -0.3 is 9.05 Å². The molecular weight excluding hydrogens is 235 g/mol. The predicted octanol–water partition coefficient (Wildman–Crippen LogP) is 2.61. The van der Waals surface area contributed by atoms with E-state index in [4.69, 9.17) is 9.05 Å². The van der Waals surface area contributed by atoms with E-state index in [9.17, 15) is 4.57 Å². The van der Waals surface area contributed by atoms with Gasteiger partial charge in [-0.2, -0.15) is 0 Å². The van der Waals surface area contributed by atoms with E-state index in [1.54, 1.807) is 13.8 Å². The molecule has 0 aromatic carbocycles. The van der Waals surface area contributed by atoms with Gasteiger partial charge in [0, 0.05) is 0 Å². The molecule has 0 fully saturated rings. The first-order valence-electron chi connectivity index (χ1n) is 4.77. The van der Waals surface area contributed by atoms with Gasteiger partial charge in [-0.1, -0.05) is 4.49 Å². The molecule has 0 bridgehead atoms. The smallest absolute Gasteiger partial charge is 0.309 e. The minimum atomic E-state index is -3.00. The quantitative estimate of drug-likeness (QED) is 0.726. The maximum Gasteiger partial charge on any atom is 0.335 e. The monoisotopic (exact) mass is 250 g/mol. The van der Waals surface area contributed by atoms with Crippen molar-refractivity contribution >= 4 is 19.1 Å². The lowest BCUT2D eigenvalue weighted by Crippen LogP contribution is -1.98. The third kappa shape index (κ3) is 3.65. The Balaban J connectivity index is 2.75. The number of aryl methyl sites for hydroxylation is 1. The molecule has 1 aromatic heterocycles. The van der Waals surface area contributed by atoms with Crippen LogP contribution in [0.1, 0.15) is 24.4 Å². The Kier molecular flexibility index (Phi) is 4.86. The van der Waals surface area contributed by atoms with Gasteiger partial charge in [0.25, 0.3) is 0 Å². The van der Waals surface area contributed by atoms with E-state index < -0.39 is 7.60 Å². The summed E-state index contributed by atoms with van der Waals surface area (Å²) in [5, 5.41) is 3.86. The molecule has 0 aliphatic rings. The summed E-state index contributed by atoms with van der Waals surface area (Å²) in [6.07, 6.45) is 0.262. The summed E-state index contributed by atoms with van der Waals surface area (Å²) >= 11 is 1.23. The van der Waals surface area contributed by atoms with Crippen molar-refractivity contribution < 1.29 is 13.6 Å². The Labute approximate surface area is 93.5 Å². The SMILES string of the molecule is CCOP(=O)(Cc1snnc1C)OCC. The van der Waals surface area contributed by atoms with Crippen molar-refractivity contribution in [2.45, 2.75) is 26.9 Å². The first-order chi connectivity index (χ1) is 7.11. The van der Waals surface area contributed by atoms with Crippen molar-refractivity contribution in [3.05, 3.63) is 10.6 Å². The molecule has 7 heteroatoms. The Morgan fingerprint density at radius 2 is 1.93 bits per heavy atom. The number of aromatic nitrogens is 2. The molecule has 1 heterocycles. The molecule has 5 nitrogen and oxygen atoms in total. The van der Waals surface area contributed by atoms with Gasteiger partial charge >= 0.3 is 7.60 Å². The highest BCUT2D eigenvalue weighted by Gasteiger charge is 2.26. The van der Waals surface area contributed by atoms with Crippen molar-refractivity contribution in [1.82, 2.24) is 9.59 Å².